The number of hydrogen-bond acceptors (Lipinski definition) is 5. The molecule has 0 bridgehead atoms. The molecule has 2 N–H and O–H groups in total. The maximum absolute atomic E-state index is 12.7. The van der Waals surface area contributed by atoms with Crippen LogP contribution < -0.4 is 10.6 Å². The number of carbonyl (C=O) groups excluding carboxylic acids is 1. The Morgan fingerprint density at radius 3 is 3.04 bits per heavy atom. The van der Waals surface area contributed by atoms with Crippen LogP contribution in [0, 0.1) is 0 Å². The maximum Gasteiger partial charge on any atom is 0.233 e. The lowest BCUT2D eigenvalue weighted by atomic mass is 9.87. The Labute approximate surface area is 144 Å². The molecule has 0 radical (unpaired) electrons. The Morgan fingerprint density at radius 1 is 1.30 bits per heavy atom. The van der Waals surface area contributed by atoms with Gasteiger partial charge < -0.3 is 10.6 Å². The van der Waals surface area contributed by atoms with Crippen molar-refractivity contribution in [1.29, 1.82) is 0 Å². The summed E-state index contributed by atoms with van der Waals surface area (Å²) in [6.45, 7) is 2.15. The molecule has 1 fully saturated rings. The first-order chi connectivity index (χ1) is 11.3. The van der Waals surface area contributed by atoms with Crippen LogP contribution in [0.4, 0.5) is 5.13 Å². The second-order valence-corrected chi connectivity index (χ2v) is 8.39. The van der Waals surface area contributed by atoms with Crippen LogP contribution >= 0.6 is 22.7 Å². The van der Waals surface area contributed by atoms with E-state index in [1.54, 1.807) is 22.7 Å². The Kier molecular flexibility index (Phi) is 4.46. The van der Waals surface area contributed by atoms with Gasteiger partial charge in [0.15, 0.2) is 5.13 Å². The number of thiazole rings is 1. The summed E-state index contributed by atoms with van der Waals surface area (Å²) in [5, 5.41) is 9.31. The molecule has 4 rings (SSSR count). The molecule has 0 aromatic carbocycles. The predicted octanol–water partition coefficient (Wildman–Crippen LogP) is 3.73. The number of fused-ring (bicyclic) bond motifs is 1. The molecule has 6 heteroatoms. The molecule has 122 valence electrons. The van der Waals surface area contributed by atoms with Gasteiger partial charge in [-0.3, -0.25) is 4.79 Å². The molecule has 4 nitrogen and oxygen atoms in total. The minimum absolute atomic E-state index is 0.00349. The zero-order valence-corrected chi connectivity index (χ0v) is 14.6. The summed E-state index contributed by atoms with van der Waals surface area (Å²) in [5.74, 6) is 0.698. The van der Waals surface area contributed by atoms with Gasteiger partial charge in [-0.1, -0.05) is 0 Å². The van der Waals surface area contributed by atoms with E-state index >= 15 is 0 Å². The number of anilines is 1. The van der Waals surface area contributed by atoms with E-state index in [0.29, 0.717) is 5.92 Å². The second kappa shape index (κ2) is 6.71. The fourth-order valence-corrected chi connectivity index (χ4v) is 5.57. The largest absolute Gasteiger partial charge is 0.317 e. The van der Waals surface area contributed by atoms with Crippen molar-refractivity contribution < 1.29 is 4.79 Å². The van der Waals surface area contributed by atoms with Gasteiger partial charge in [0.1, 0.15) is 0 Å². The zero-order valence-electron chi connectivity index (χ0n) is 13.0. The van der Waals surface area contributed by atoms with E-state index in [1.165, 1.54) is 15.3 Å². The molecule has 1 unspecified atom stereocenters. The monoisotopic (exact) mass is 347 g/mol. The number of hydrogen-bond donors (Lipinski definition) is 2. The Morgan fingerprint density at radius 2 is 2.17 bits per heavy atom. The summed E-state index contributed by atoms with van der Waals surface area (Å²) >= 11 is 3.42. The van der Waals surface area contributed by atoms with E-state index in [9.17, 15) is 4.79 Å². The standard InChI is InChI=1S/C17H21N3OS2/c21-16(13-2-1-3-14-12(13)6-9-22-14)20-17-19-10-15(23-17)11-4-7-18-8-5-11/h6,9-11,13,18H,1-5,7-8H2,(H,19,20,21). The number of aromatic nitrogens is 1. The fourth-order valence-electron chi connectivity index (χ4n) is 3.59. The van der Waals surface area contributed by atoms with E-state index in [0.717, 1.165) is 50.3 Å². The number of aryl methyl sites for hydroxylation is 1. The van der Waals surface area contributed by atoms with E-state index < -0.39 is 0 Å². The van der Waals surface area contributed by atoms with E-state index in [4.69, 9.17) is 0 Å². The molecule has 1 atom stereocenters. The first kappa shape index (κ1) is 15.3. The van der Waals surface area contributed by atoms with Crippen molar-refractivity contribution in [2.24, 2.45) is 0 Å². The molecule has 0 spiro atoms. The lowest BCUT2D eigenvalue weighted by Crippen LogP contribution is -2.26. The number of piperidine rings is 1. The minimum atomic E-state index is -0.00349. The van der Waals surface area contributed by atoms with E-state index in [1.807, 2.05) is 6.20 Å². The molecule has 1 amide bonds. The van der Waals surface area contributed by atoms with Crippen molar-refractivity contribution >= 4 is 33.7 Å². The van der Waals surface area contributed by atoms with E-state index in [-0.39, 0.29) is 11.8 Å². The highest BCUT2D eigenvalue weighted by Gasteiger charge is 2.28. The first-order valence-electron chi connectivity index (χ1n) is 8.35. The molecule has 0 saturated carbocycles. The third-order valence-electron chi connectivity index (χ3n) is 4.86. The van der Waals surface area contributed by atoms with Gasteiger partial charge in [-0.25, -0.2) is 4.98 Å². The lowest BCUT2D eigenvalue weighted by molar-refractivity contribution is -0.117. The Bertz CT molecular complexity index is 688. The Balaban J connectivity index is 1.44. The highest BCUT2D eigenvalue weighted by molar-refractivity contribution is 7.15. The van der Waals surface area contributed by atoms with Crippen LogP contribution in [0.3, 0.4) is 0 Å². The molecular formula is C17H21N3OS2. The summed E-state index contributed by atoms with van der Waals surface area (Å²) in [6, 6.07) is 2.12. The molecule has 2 aliphatic rings. The van der Waals surface area contributed by atoms with Gasteiger partial charge in [-0.15, -0.1) is 22.7 Å². The molecule has 2 aromatic rings. The first-order valence-corrected chi connectivity index (χ1v) is 10.0. The molecule has 1 aliphatic heterocycles. The molecule has 2 aromatic heterocycles. The van der Waals surface area contributed by atoms with Crippen LogP contribution in [0.2, 0.25) is 0 Å². The third kappa shape index (κ3) is 3.20. The van der Waals surface area contributed by atoms with Gasteiger partial charge in [-0.2, -0.15) is 0 Å². The van der Waals surface area contributed by atoms with Gasteiger partial charge in [0, 0.05) is 16.0 Å². The lowest BCUT2D eigenvalue weighted by Gasteiger charge is -2.21. The summed E-state index contributed by atoms with van der Waals surface area (Å²) in [7, 11) is 0. The smallest absolute Gasteiger partial charge is 0.233 e. The van der Waals surface area contributed by atoms with Crippen LogP contribution in [0.5, 0.6) is 0 Å². The number of carbonyl (C=O) groups is 1. The zero-order chi connectivity index (χ0) is 15.6. The predicted molar refractivity (Wildman–Crippen MR) is 95.6 cm³/mol. The topological polar surface area (TPSA) is 54.0 Å². The highest BCUT2D eigenvalue weighted by Crippen LogP contribution is 2.36. The maximum atomic E-state index is 12.7. The molecule has 3 heterocycles. The molecule has 1 saturated heterocycles. The number of thiophene rings is 1. The quantitative estimate of drug-likeness (QED) is 0.889. The van der Waals surface area contributed by atoms with Gasteiger partial charge in [0.25, 0.3) is 0 Å². The normalized spacial score (nSPS) is 21.8. The summed E-state index contributed by atoms with van der Waals surface area (Å²) in [4.78, 5) is 19.8. The van der Waals surface area contributed by atoms with Crippen molar-refractivity contribution in [3.63, 3.8) is 0 Å². The fraction of sp³-hybridized carbons (Fsp3) is 0.529. The second-order valence-electron chi connectivity index (χ2n) is 6.33. The summed E-state index contributed by atoms with van der Waals surface area (Å²) < 4.78 is 0. The number of nitrogens with one attached hydrogen (secondary N) is 2. The molecular weight excluding hydrogens is 326 g/mol. The van der Waals surface area contributed by atoms with Gasteiger partial charge in [0.05, 0.1) is 5.92 Å². The highest BCUT2D eigenvalue weighted by atomic mass is 32.1. The number of rotatable bonds is 3. The SMILES string of the molecule is O=C(Nc1ncc(C2CCNCC2)s1)C1CCCc2sccc21. The van der Waals surface area contributed by atoms with E-state index in [2.05, 4.69) is 27.1 Å². The van der Waals surface area contributed by atoms with Crippen molar-refractivity contribution in [3.05, 3.63) is 33.0 Å². The van der Waals surface area contributed by atoms with Gasteiger partial charge in [0.2, 0.25) is 5.91 Å². The average molecular weight is 348 g/mol. The Hall–Kier alpha value is -1.24. The van der Waals surface area contributed by atoms with Gasteiger partial charge in [-0.05, 0) is 68.1 Å². The van der Waals surface area contributed by atoms with Crippen LogP contribution in [0.15, 0.2) is 17.6 Å². The molecule has 23 heavy (non-hydrogen) atoms. The molecule has 1 aliphatic carbocycles. The van der Waals surface area contributed by atoms with Crippen molar-refractivity contribution in [2.45, 2.75) is 43.9 Å². The number of amides is 1. The number of nitrogens with zero attached hydrogens (tertiary/aromatic N) is 1. The van der Waals surface area contributed by atoms with Crippen LogP contribution in [-0.2, 0) is 11.2 Å². The van der Waals surface area contributed by atoms with Crippen LogP contribution in [0.25, 0.3) is 0 Å². The van der Waals surface area contributed by atoms with Crippen LogP contribution in [-0.4, -0.2) is 24.0 Å². The van der Waals surface area contributed by atoms with Crippen molar-refractivity contribution in [3.8, 4) is 0 Å². The minimum Gasteiger partial charge on any atom is -0.317 e. The summed E-state index contributed by atoms with van der Waals surface area (Å²) in [6.07, 6.45) is 7.44. The summed E-state index contributed by atoms with van der Waals surface area (Å²) in [5.41, 5.74) is 1.23. The average Bonchev–Trinajstić information content (AvgIpc) is 3.24. The van der Waals surface area contributed by atoms with Gasteiger partial charge >= 0.3 is 0 Å². The van der Waals surface area contributed by atoms with Crippen molar-refractivity contribution in [2.75, 3.05) is 18.4 Å². The van der Waals surface area contributed by atoms with Crippen molar-refractivity contribution in [1.82, 2.24) is 10.3 Å². The van der Waals surface area contributed by atoms with Crippen LogP contribution in [0.1, 0.15) is 52.8 Å². The third-order valence-corrected chi connectivity index (χ3v) is 6.94.